The number of halogens is 2. The minimum Gasteiger partial charge on any atom is -0.451 e. The Balaban J connectivity index is 2.06. The molecule has 26 heavy (non-hydrogen) atoms. The molecule has 2 aromatic carbocycles. The Hall–Kier alpha value is -2.74. The average molecular weight is 363 g/mol. The number of para-hydroxylation sites is 1. The van der Waals surface area contributed by atoms with E-state index < -0.39 is 28.0 Å². The first-order valence-electron chi connectivity index (χ1n) is 8.35. The van der Waals surface area contributed by atoms with Crippen LogP contribution in [0.4, 0.5) is 20.2 Å². The Bertz CT molecular complexity index is 802. The molecule has 1 aliphatic rings. The molecule has 0 saturated carbocycles. The number of anilines is 1. The summed E-state index contributed by atoms with van der Waals surface area (Å²) >= 11 is 0. The number of hydrogen-bond donors (Lipinski definition) is 1. The molecule has 1 heterocycles. The quantitative estimate of drug-likeness (QED) is 0.645. The largest absolute Gasteiger partial charge is 0.451 e. The highest BCUT2D eigenvalue weighted by atomic mass is 19.1. The number of rotatable bonds is 5. The lowest BCUT2D eigenvalue weighted by Crippen LogP contribution is -2.39. The lowest BCUT2D eigenvalue weighted by molar-refractivity contribution is -0.384. The fourth-order valence-electron chi connectivity index (χ4n) is 3.18. The predicted octanol–water partition coefficient (Wildman–Crippen LogP) is 3.84. The second kappa shape index (κ2) is 7.65. The van der Waals surface area contributed by atoms with E-state index >= 15 is 4.39 Å². The van der Waals surface area contributed by atoms with Crippen LogP contribution in [0, 0.1) is 27.7 Å². The standard InChI is InChI=1S/C18H19F2N3O3/c19-14-9-15(23(24)25)17(22-8-4-5-12(10-21)11-22)16(20)18(14)26-13-6-2-1-3-7-13/h1-3,6-7,9,12H,4-5,8,10-11,21H2/t12-/m0/s1. The van der Waals surface area contributed by atoms with Crippen LogP contribution in [0.3, 0.4) is 0 Å². The molecule has 0 amide bonds. The van der Waals surface area contributed by atoms with E-state index in [0.717, 1.165) is 12.8 Å². The summed E-state index contributed by atoms with van der Waals surface area (Å²) in [5.41, 5.74) is 4.83. The third-order valence-electron chi connectivity index (χ3n) is 4.46. The lowest BCUT2D eigenvalue weighted by atomic mass is 9.97. The van der Waals surface area contributed by atoms with Crippen LogP contribution in [-0.2, 0) is 0 Å². The minimum absolute atomic E-state index is 0.103. The number of benzene rings is 2. The first-order chi connectivity index (χ1) is 12.5. The summed E-state index contributed by atoms with van der Waals surface area (Å²) in [6.45, 7) is 1.22. The third kappa shape index (κ3) is 3.60. The van der Waals surface area contributed by atoms with Crippen LogP contribution in [0.1, 0.15) is 12.8 Å². The molecular formula is C18H19F2N3O3. The maximum absolute atomic E-state index is 15.1. The van der Waals surface area contributed by atoms with Crippen LogP contribution in [-0.4, -0.2) is 24.6 Å². The molecule has 0 aromatic heterocycles. The Morgan fingerprint density at radius 1 is 1.31 bits per heavy atom. The van der Waals surface area contributed by atoms with E-state index in [1.54, 1.807) is 35.2 Å². The fraction of sp³-hybridized carbons (Fsp3) is 0.333. The SMILES string of the molecule is NC[C@@H]1CCCN(c2c([N+](=O)[O-])cc(F)c(Oc3ccccc3)c2F)C1. The van der Waals surface area contributed by atoms with Crippen molar-refractivity contribution in [2.24, 2.45) is 11.7 Å². The topological polar surface area (TPSA) is 81.6 Å². The lowest BCUT2D eigenvalue weighted by Gasteiger charge is -2.33. The first kappa shape index (κ1) is 18.1. The molecular weight excluding hydrogens is 344 g/mol. The van der Waals surface area contributed by atoms with Crippen molar-refractivity contribution < 1.29 is 18.4 Å². The zero-order valence-electron chi connectivity index (χ0n) is 14.0. The number of nitro benzene ring substituents is 1. The molecule has 2 N–H and O–H groups in total. The fourth-order valence-corrected chi connectivity index (χ4v) is 3.18. The van der Waals surface area contributed by atoms with Gasteiger partial charge in [0.05, 0.1) is 11.0 Å². The van der Waals surface area contributed by atoms with E-state index in [0.29, 0.717) is 25.7 Å². The van der Waals surface area contributed by atoms with Crippen molar-refractivity contribution in [3.8, 4) is 11.5 Å². The second-order valence-corrected chi connectivity index (χ2v) is 6.23. The highest BCUT2D eigenvalue weighted by molar-refractivity contribution is 5.68. The summed E-state index contributed by atoms with van der Waals surface area (Å²) in [6, 6.07) is 8.86. The highest BCUT2D eigenvalue weighted by Crippen LogP contribution is 2.41. The second-order valence-electron chi connectivity index (χ2n) is 6.23. The van der Waals surface area contributed by atoms with Crippen LogP contribution in [0.5, 0.6) is 11.5 Å². The molecule has 8 heteroatoms. The normalized spacial score (nSPS) is 17.2. The molecule has 1 aliphatic heterocycles. The summed E-state index contributed by atoms with van der Waals surface area (Å²) in [5, 5.41) is 11.4. The van der Waals surface area contributed by atoms with Gasteiger partial charge in [-0.15, -0.1) is 0 Å². The Morgan fingerprint density at radius 2 is 2.04 bits per heavy atom. The van der Waals surface area contributed by atoms with Crippen LogP contribution in [0.2, 0.25) is 0 Å². The molecule has 6 nitrogen and oxygen atoms in total. The van der Waals surface area contributed by atoms with Gasteiger partial charge in [0, 0.05) is 13.1 Å². The molecule has 0 bridgehead atoms. The summed E-state index contributed by atoms with van der Waals surface area (Å²) in [7, 11) is 0. The molecule has 1 fully saturated rings. The monoisotopic (exact) mass is 363 g/mol. The van der Waals surface area contributed by atoms with Crippen molar-refractivity contribution in [3.05, 3.63) is 58.1 Å². The van der Waals surface area contributed by atoms with Crippen LogP contribution in [0.25, 0.3) is 0 Å². The number of nitro groups is 1. The number of piperidine rings is 1. The van der Waals surface area contributed by atoms with Crippen LogP contribution < -0.4 is 15.4 Å². The van der Waals surface area contributed by atoms with Gasteiger partial charge in [-0.25, -0.2) is 8.78 Å². The van der Waals surface area contributed by atoms with Crippen molar-refractivity contribution in [2.75, 3.05) is 24.5 Å². The zero-order chi connectivity index (χ0) is 18.7. The van der Waals surface area contributed by atoms with Gasteiger partial charge in [0.2, 0.25) is 5.75 Å². The Kier molecular flexibility index (Phi) is 5.32. The van der Waals surface area contributed by atoms with E-state index in [-0.39, 0.29) is 17.4 Å². The molecule has 0 radical (unpaired) electrons. The van der Waals surface area contributed by atoms with E-state index in [4.69, 9.17) is 10.5 Å². The van der Waals surface area contributed by atoms with Gasteiger partial charge in [-0.05, 0) is 37.4 Å². The van der Waals surface area contributed by atoms with Gasteiger partial charge in [-0.2, -0.15) is 0 Å². The average Bonchev–Trinajstić information content (AvgIpc) is 2.65. The number of ether oxygens (including phenoxy) is 1. The van der Waals surface area contributed by atoms with Gasteiger partial charge >= 0.3 is 0 Å². The van der Waals surface area contributed by atoms with Crippen molar-refractivity contribution in [3.63, 3.8) is 0 Å². The Labute approximate surface area is 149 Å². The predicted molar refractivity (Wildman–Crippen MR) is 93.5 cm³/mol. The summed E-state index contributed by atoms with van der Waals surface area (Å²) in [6.07, 6.45) is 1.60. The van der Waals surface area contributed by atoms with Gasteiger partial charge in [-0.3, -0.25) is 10.1 Å². The third-order valence-corrected chi connectivity index (χ3v) is 4.46. The van der Waals surface area contributed by atoms with Crippen molar-refractivity contribution in [2.45, 2.75) is 12.8 Å². The number of hydrogen-bond acceptors (Lipinski definition) is 5. The van der Waals surface area contributed by atoms with E-state index in [1.165, 1.54) is 0 Å². The van der Waals surface area contributed by atoms with Gasteiger partial charge in [0.15, 0.2) is 17.3 Å². The van der Waals surface area contributed by atoms with E-state index in [1.807, 2.05) is 0 Å². The molecule has 1 saturated heterocycles. The maximum atomic E-state index is 15.1. The molecule has 0 unspecified atom stereocenters. The van der Waals surface area contributed by atoms with Gasteiger partial charge in [0.1, 0.15) is 5.75 Å². The molecule has 0 aliphatic carbocycles. The maximum Gasteiger partial charge on any atom is 0.298 e. The van der Waals surface area contributed by atoms with Gasteiger partial charge in [-0.1, -0.05) is 18.2 Å². The van der Waals surface area contributed by atoms with Crippen LogP contribution in [0.15, 0.2) is 36.4 Å². The van der Waals surface area contributed by atoms with E-state index in [9.17, 15) is 14.5 Å². The highest BCUT2D eigenvalue weighted by Gasteiger charge is 2.32. The number of nitrogens with two attached hydrogens (primary N) is 1. The van der Waals surface area contributed by atoms with E-state index in [2.05, 4.69) is 0 Å². The minimum atomic E-state index is -1.12. The Morgan fingerprint density at radius 3 is 2.69 bits per heavy atom. The van der Waals surface area contributed by atoms with Gasteiger partial charge < -0.3 is 15.4 Å². The number of nitrogens with zero attached hydrogens (tertiary/aromatic N) is 2. The first-order valence-corrected chi connectivity index (χ1v) is 8.35. The summed E-state index contributed by atoms with van der Waals surface area (Å²) in [5.74, 6) is -2.49. The molecule has 2 aromatic rings. The molecule has 3 rings (SSSR count). The van der Waals surface area contributed by atoms with Crippen LogP contribution >= 0.6 is 0 Å². The van der Waals surface area contributed by atoms with Crippen molar-refractivity contribution >= 4 is 11.4 Å². The summed E-state index contributed by atoms with van der Waals surface area (Å²) < 4.78 is 34.8. The molecule has 0 spiro atoms. The van der Waals surface area contributed by atoms with Crippen molar-refractivity contribution in [1.82, 2.24) is 0 Å². The molecule has 138 valence electrons. The summed E-state index contributed by atoms with van der Waals surface area (Å²) in [4.78, 5) is 12.2. The molecule has 1 atom stereocenters. The van der Waals surface area contributed by atoms with Gasteiger partial charge in [0.25, 0.3) is 5.69 Å². The van der Waals surface area contributed by atoms with Crippen molar-refractivity contribution in [1.29, 1.82) is 0 Å². The smallest absolute Gasteiger partial charge is 0.298 e. The zero-order valence-corrected chi connectivity index (χ0v) is 14.0.